The normalized spacial score (nSPS) is 40.7. The van der Waals surface area contributed by atoms with Crippen molar-refractivity contribution in [1.82, 2.24) is 0 Å². The van der Waals surface area contributed by atoms with Gasteiger partial charge in [-0.25, -0.2) is 4.79 Å². The van der Waals surface area contributed by atoms with Crippen molar-refractivity contribution in [1.29, 1.82) is 0 Å². The first-order chi connectivity index (χ1) is 10.0. The van der Waals surface area contributed by atoms with E-state index in [0.29, 0.717) is 17.9 Å². The van der Waals surface area contributed by atoms with Crippen molar-refractivity contribution in [2.24, 2.45) is 35.0 Å². The number of rotatable bonds is 6. The molecule has 0 atom stereocenters. The van der Waals surface area contributed by atoms with Gasteiger partial charge in [0.2, 0.25) is 0 Å². The molecule has 0 aromatic carbocycles. The summed E-state index contributed by atoms with van der Waals surface area (Å²) in [7, 11) is 0. The van der Waals surface area contributed by atoms with Crippen molar-refractivity contribution in [2.45, 2.75) is 58.8 Å². The third-order valence-electron chi connectivity index (χ3n) is 6.70. The minimum Gasteiger partial charge on any atom is -0.448 e. The molecule has 0 heterocycles. The van der Waals surface area contributed by atoms with E-state index in [-0.39, 0.29) is 0 Å². The quantitative estimate of drug-likeness (QED) is 0.445. The van der Waals surface area contributed by atoms with Crippen molar-refractivity contribution in [3.05, 3.63) is 0 Å². The summed E-state index contributed by atoms with van der Waals surface area (Å²) in [6.07, 6.45) is 7.89. The van der Waals surface area contributed by atoms with E-state index < -0.39 is 6.16 Å². The van der Waals surface area contributed by atoms with Gasteiger partial charge >= 0.3 is 6.16 Å². The zero-order chi connectivity index (χ0) is 15.0. The molecule has 0 saturated heterocycles. The first-order valence-corrected chi connectivity index (χ1v) is 8.54. The van der Waals surface area contributed by atoms with Gasteiger partial charge in [0.05, 0.1) is 6.61 Å². The van der Waals surface area contributed by atoms with E-state index in [1.165, 1.54) is 32.1 Å². The summed E-state index contributed by atoms with van der Waals surface area (Å²) in [5.74, 6) is 4.45. The Hall–Kier alpha value is -0.770. The summed E-state index contributed by atoms with van der Waals surface area (Å²) in [4.78, 5) is 19.2. The van der Waals surface area contributed by atoms with Gasteiger partial charge in [0.25, 0.3) is 0 Å². The lowest BCUT2D eigenvalue weighted by Gasteiger charge is -2.63. The van der Waals surface area contributed by atoms with E-state index >= 15 is 0 Å². The summed E-state index contributed by atoms with van der Waals surface area (Å²) in [5, 5.41) is 8.42. The Morgan fingerprint density at radius 3 is 2.19 bits per heavy atom. The SMILES string of the molecule is CC(C)C1(CCCOOC(=O)O)C2CC3CC(C2)CC1C3. The standard InChI is InChI=1S/C17H28O4/c1-11(2)17(4-3-5-20-21-16(18)19)14-7-12-6-13(9-14)10-15(17)8-12/h11-15H,3-10H2,1-2H3,(H,18,19). The molecule has 0 radical (unpaired) electrons. The smallest absolute Gasteiger partial charge is 0.448 e. The molecule has 4 nitrogen and oxygen atoms in total. The summed E-state index contributed by atoms with van der Waals surface area (Å²) < 4.78 is 0. The first-order valence-electron chi connectivity index (χ1n) is 8.54. The van der Waals surface area contributed by atoms with Gasteiger partial charge in [-0.15, -0.1) is 0 Å². The van der Waals surface area contributed by atoms with Gasteiger partial charge in [-0.05, 0) is 80.0 Å². The molecule has 0 aromatic heterocycles. The molecule has 4 saturated carbocycles. The monoisotopic (exact) mass is 296 g/mol. The lowest BCUT2D eigenvalue weighted by Crippen LogP contribution is -2.55. The summed E-state index contributed by atoms with van der Waals surface area (Å²) in [6.45, 7) is 5.15. The fourth-order valence-corrected chi connectivity index (χ4v) is 6.23. The van der Waals surface area contributed by atoms with Crippen molar-refractivity contribution >= 4 is 6.16 Å². The fourth-order valence-electron chi connectivity index (χ4n) is 6.23. The number of hydrogen-bond acceptors (Lipinski definition) is 3. The molecular formula is C17H28O4. The number of carboxylic acid groups (broad SMARTS) is 1. The van der Waals surface area contributed by atoms with Crippen LogP contribution in [-0.4, -0.2) is 17.9 Å². The molecule has 0 unspecified atom stereocenters. The van der Waals surface area contributed by atoms with E-state index in [1.807, 2.05) is 0 Å². The zero-order valence-electron chi connectivity index (χ0n) is 13.2. The van der Waals surface area contributed by atoms with Crippen LogP contribution in [0.15, 0.2) is 0 Å². The van der Waals surface area contributed by atoms with Gasteiger partial charge in [-0.3, -0.25) is 4.89 Å². The minimum atomic E-state index is -1.36. The molecule has 4 aliphatic carbocycles. The highest BCUT2D eigenvalue weighted by Gasteiger charge is 2.57. The summed E-state index contributed by atoms with van der Waals surface area (Å²) in [6, 6.07) is 0. The molecule has 1 N–H and O–H groups in total. The lowest BCUT2D eigenvalue weighted by molar-refractivity contribution is -0.253. The molecule has 4 bridgehead atoms. The van der Waals surface area contributed by atoms with Crippen LogP contribution in [0.25, 0.3) is 0 Å². The molecule has 0 aromatic rings. The third kappa shape index (κ3) is 2.67. The van der Waals surface area contributed by atoms with Crippen LogP contribution < -0.4 is 0 Å². The second-order valence-electron chi connectivity index (χ2n) is 7.85. The van der Waals surface area contributed by atoms with Crippen LogP contribution in [0.1, 0.15) is 58.8 Å². The van der Waals surface area contributed by atoms with Crippen LogP contribution >= 0.6 is 0 Å². The van der Waals surface area contributed by atoms with E-state index in [1.54, 1.807) is 0 Å². The molecule has 4 fully saturated rings. The molecule has 4 aliphatic rings. The minimum absolute atomic E-state index is 0.382. The van der Waals surface area contributed by atoms with E-state index in [4.69, 9.17) is 9.99 Å². The van der Waals surface area contributed by atoms with Gasteiger partial charge in [-0.2, -0.15) is 4.89 Å². The maximum Gasteiger partial charge on any atom is 0.537 e. The van der Waals surface area contributed by atoms with Crippen LogP contribution in [-0.2, 0) is 9.78 Å². The van der Waals surface area contributed by atoms with Crippen molar-refractivity contribution in [2.75, 3.05) is 6.61 Å². The van der Waals surface area contributed by atoms with Crippen LogP contribution in [0.3, 0.4) is 0 Å². The van der Waals surface area contributed by atoms with Gasteiger partial charge in [-0.1, -0.05) is 13.8 Å². The molecule has 21 heavy (non-hydrogen) atoms. The van der Waals surface area contributed by atoms with Gasteiger partial charge in [0, 0.05) is 0 Å². The maximum absolute atomic E-state index is 10.3. The van der Waals surface area contributed by atoms with Crippen LogP contribution in [0, 0.1) is 35.0 Å². The molecule has 4 rings (SSSR count). The Kier molecular flexibility index (Phi) is 4.17. The maximum atomic E-state index is 10.3. The molecule has 0 spiro atoms. The van der Waals surface area contributed by atoms with E-state index in [2.05, 4.69) is 18.7 Å². The van der Waals surface area contributed by atoms with Gasteiger partial charge in [0.1, 0.15) is 0 Å². The predicted octanol–water partition coefficient (Wildman–Crippen LogP) is 4.49. The van der Waals surface area contributed by atoms with Crippen molar-refractivity contribution < 1.29 is 19.7 Å². The molecular weight excluding hydrogens is 268 g/mol. The van der Waals surface area contributed by atoms with E-state index in [9.17, 15) is 4.79 Å². The number of carbonyl (C=O) groups is 1. The average molecular weight is 296 g/mol. The largest absolute Gasteiger partial charge is 0.537 e. The molecule has 120 valence electrons. The third-order valence-corrected chi connectivity index (χ3v) is 6.70. The Labute approximate surface area is 127 Å². The highest BCUT2D eigenvalue weighted by molar-refractivity contribution is 5.55. The number of hydrogen-bond donors (Lipinski definition) is 1. The second kappa shape index (κ2) is 5.79. The van der Waals surface area contributed by atoms with Crippen LogP contribution in [0.4, 0.5) is 4.79 Å². The predicted molar refractivity (Wildman–Crippen MR) is 78.6 cm³/mol. The zero-order valence-corrected chi connectivity index (χ0v) is 13.2. The van der Waals surface area contributed by atoms with Crippen LogP contribution in [0.5, 0.6) is 0 Å². The van der Waals surface area contributed by atoms with Gasteiger partial charge < -0.3 is 5.11 Å². The molecule has 0 amide bonds. The fraction of sp³-hybridized carbons (Fsp3) is 0.941. The Bertz CT molecular complexity index is 362. The molecule has 4 heteroatoms. The highest BCUT2D eigenvalue weighted by atomic mass is 17.2. The van der Waals surface area contributed by atoms with Crippen molar-refractivity contribution in [3.8, 4) is 0 Å². The Morgan fingerprint density at radius 1 is 1.14 bits per heavy atom. The van der Waals surface area contributed by atoms with E-state index in [0.717, 1.165) is 36.5 Å². The summed E-state index contributed by atoms with van der Waals surface area (Å²) in [5.41, 5.74) is 0.458. The van der Waals surface area contributed by atoms with Gasteiger partial charge in [0.15, 0.2) is 0 Å². The van der Waals surface area contributed by atoms with Crippen molar-refractivity contribution in [3.63, 3.8) is 0 Å². The second-order valence-corrected chi connectivity index (χ2v) is 7.85. The summed E-state index contributed by atoms with van der Waals surface area (Å²) >= 11 is 0. The lowest BCUT2D eigenvalue weighted by atomic mass is 9.42. The highest BCUT2D eigenvalue weighted by Crippen LogP contribution is 2.66. The Balaban J connectivity index is 1.62. The average Bonchev–Trinajstić information content (AvgIpc) is 2.39. The topological polar surface area (TPSA) is 55.8 Å². The Morgan fingerprint density at radius 2 is 1.71 bits per heavy atom. The molecule has 0 aliphatic heterocycles. The van der Waals surface area contributed by atoms with Crippen LogP contribution in [0.2, 0.25) is 0 Å². The first kappa shape index (κ1) is 15.1.